The number of nitrogen functional groups attached to an aromatic ring is 2. The minimum atomic E-state index is 0.208. The summed E-state index contributed by atoms with van der Waals surface area (Å²) in [5.41, 5.74) is 15.2. The van der Waals surface area contributed by atoms with Gasteiger partial charge in [-0.1, -0.05) is 23.7 Å². The van der Waals surface area contributed by atoms with E-state index in [2.05, 4.69) is 9.97 Å². The molecule has 0 amide bonds. The zero-order chi connectivity index (χ0) is 11.3. The van der Waals surface area contributed by atoms with Gasteiger partial charge in [0.05, 0.1) is 5.69 Å². The summed E-state index contributed by atoms with van der Waals surface area (Å²) in [5, 5.41) is 0.730. The molecule has 5 heteroatoms. The predicted octanol–water partition coefficient (Wildman–Crippen LogP) is 1.87. The Bertz CT molecular complexity index is 595. The van der Waals surface area contributed by atoms with Crippen LogP contribution in [0.5, 0.6) is 0 Å². The Hall–Kier alpha value is -1.81. The molecule has 16 heavy (non-hydrogen) atoms. The molecule has 3 rings (SSSR count). The van der Waals surface area contributed by atoms with Crippen LogP contribution in [-0.4, -0.2) is 9.97 Å². The smallest absolute Gasteiger partial charge is 0.222 e. The van der Waals surface area contributed by atoms with Crippen LogP contribution in [0.25, 0.3) is 11.1 Å². The normalized spacial score (nSPS) is 12.3. The highest BCUT2D eigenvalue weighted by atomic mass is 35.5. The van der Waals surface area contributed by atoms with E-state index in [9.17, 15) is 0 Å². The number of hydrogen-bond acceptors (Lipinski definition) is 4. The van der Waals surface area contributed by atoms with E-state index in [0.29, 0.717) is 12.2 Å². The molecule has 0 saturated carbocycles. The molecule has 0 bridgehead atoms. The molecule has 0 fully saturated rings. The largest absolute Gasteiger partial charge is 0.383 e. The van der Waals surface area contributed by atoms with Crippen molar-refractivity contribution in [3.05, 3.63) is 34.5 Å². The van der Waals surface area contributed by atoms with Crippen molar-refractivity contribution >= 4 is 23.4 Å². The van der Waals surface area contributed by atoms with Gasteiger partial charge in [-0.25, -0.2) is 4.98 Å². The summed E-state index contributed by atoms with van der Waals surface area (Å²) in [4.78, 5) is 8.17. The van der Waals surface area contributed by atoms with Crippen molar-refractivity contribution in [2.45, 2.75) is 6.42 Å². The lowest BCUT2D eigenvalue weighted by Gasteiger charge is -2.04. The second-order valence-electron chi connectivity index (χ2n) is 3.73. The maximum Gasteiger partial charge on any atom is 0.222 e. The molecule has 0 atom stereocenters. The number of hydrogen-bond donors (Lipinski definition) is 2. The van der Waals surface area contributed by atoms with Gasteiger partial charge in [0.2, 0.25) is 5.95 Å². The Morgan fingerprint density at radius 2 is 2.00 bits per heavy atom. The van der Waals surface area contributed by atoms with E-state index in [1.165, 1.54) is 0 Å². The van der Waals surface area contributed by atoms with Crippen molar-refractivity contribution in [1.29, 1.82) is 0 Å². The molecule has 4 N–H and O–H groups in total. The van der Waals surface area contributed by atoms with Gasteiger partial charge in [0.25, 0.3) is 0 Å². The Labute approximate surface area is 97.3 Å². The second kappa shape index (κ2) is 3.09. The highest BCUT2D eigenvalue weighted by Gasteiger charge is 2.25. The first-order chi connectivity index (χ1) is 7.66. The van der Waals surface area contributed by atoms with E-state index in [1.807, 2.05) is 18.2 Å². The van der Waals surface area contributed by atoms with Crippen LogP contribution in [0.4, 0.5) is 11.8 Å². The van der Waals surface area contributed by atoms with Crippen molar-refractivity contribution in [3.8, 4) is 11.1 Å². The highest BCUT2D eigenvalue weighted by molar-refractivity contribution is 6.32. The van der Waals surface area contributed by atoms with Crippen LogP contribution in [0.2, 0.25) is 5.02 Å². The SMILES string of the molecule is Nc1nc(N)c2c(n1)Cc1c(Cl)cccc1-2. The minimum Gasteiger partial charge on any atom is -0.383 e. The summed E-state index contributed by atoms with van der Waals surface area (Å²) in [5.74, 6) is 0.628. The first-order valence-electron chi connectivity index (χ1n) is 4.86. The molecule has 0 saturated heterocycles. The van der Waals surface area contributed by atoms with Crippen LogP contribution in [0.1, 0.15) is 11.3 Å². The fourth-order valence-corrected chi connectivity index (χ4v) is 2.35. The van der Waals surface area contributed by atoms with Crippen LogP contribution >= 0.6 is 11.6 Å². The molecule has 1 heterocycles. The summed E-state index contributed by atoms with van der Waals surface area (Å²) in [6.07, 6.45) is 0.668. The Balaban J connectivity index is 2.34. The van der Waals surface area contributed by atoms with Crippen molar-refractivity contribution < 1.29 is 0 Å². The third-order valence-electron chi connectivity index (χ3n) is 2.76. The number of anilines is 2. The van der Waals surface area contributed by atoms with Crippen molar-refractivity contribution in [3.63, 3.8) is 0 Å². The molecular weight excluding hydrogens is 224 g/mol. The van der Waals surface area contributed by atoms with Crippen LogP contribution < -0.4 is 11.5 Å². The Morgan fingerprint density at radius 3 is 2.81 bits per heavy atom. The van der Waals surface area contributed by atoms with Gasteiger partial charge in [-0.05, 0) is 17.2 Å². The fraction of sp³-hybridized carbons (Fsp3) is 0.0909. The lowest BCUT2D eigenvalue weighted by molar-refractivity contribution is 1.09. The first-order valence-corrected chi connectivity index (χ1v) is 5.24. The van der Waals surface area contributed by atoms with Gasteiger partial charge in [-0.3, -0.25) is 0 Å². The van der Waals surface area contributed by atoms with Gasteiger partial charge in [0.15, 0.2) is 0 Å². The standard InChI is InChI=1S/C11H9ClN4/c12-7-3-1-2-5-6(7)4-8-9(5)10(13)16-11(14)15-8/h1-3H,4H2,(H4,13,14,15,16). The maximum atomic E-state index is 6.13. The third kappa shape index (κ3) is 1.17. The van der Waals surface area contributed by atoms with E-state index in [-0.39, 0.29) is 5.95 Å². The molecule has 1 aromatic heterocycles. The zero-order valence-electron chi connectivity index (χ0n) is 8.37. The summed E-state index contributed by atoms with van der Waals surface area (Å²) in [6, 6.07) is 5.73. The van der Waals surface area contributed by atoms with E-state index in [4.69, 9.17) is 23.1 Å². The lowest BCUT2D eigenvalue weighted by atomic mass is 10.1. The molecule has 1 aromatic carbocycles. The second-order valence-corrected chi connectivity index (χ2v) is 4.14. The van der Waals surface area contributed by atoms with Gasteiger partial charge in [0.1, 0.15) is 5.82 Å². The molecular formula is C11H9ClN4. The van der Waals surface area contributed by atoms with Crippen LogP contribution in [0.3, 0.4) is 0 Å². The van der Waals surface area contributed by atoms with Crippen molar-refractivity contribution in [2.75, 3.05) is 11.5 Å². The highest BCUT2D eigenvalue weighted by Crippen LogP contribution is 2.41. The maximum absolute atomic E-state index is 6.13. The van der Waals surface area contributed by atoms with Crippen LogP contribution in [0, 0.1) is 0 Å². The number of benzene rings is 1. The number of fused-ring (bicyclic) bond motifs is 3. The Kier molecular flexibility index (Phi) is 1.82. The monoisotopic (exact) mass is 232 g/mol. The molecule has 0 spiro atoms. The molecule has 0 aliphatic heterocycles. The molecule has 2 aromatic rings. The lowest BCUT2D eigenvalue weighted by Crippen LogP contribution is -2.03. The van der Waals surface area contributed by atoms with E-state index < -0.39 is 0 Å². The average Bonchev–Trinajstić information content (AvgIpc) is 2.57. The van der Waals surface area contributed by atoms with Gasteiger partial charge in [-0.2, -0.15) is 4.98 Å². The average molecular weight is 233 g/mol. The fourth-order valence-electron chi connectivity index (χ4n) is 2.11. The number of halogens is 1. The number of nitrogens with two attached hydrogens (primary N) is 2. The molecule has 0 radical (unpaired) electrons. The van der Waals surface area contributed by atoms with Crippen LogP contribution in [0.15, 0.2) is 18.2 Å². The number of aromatic nitrogens is 2. The predicted molar refractivity (Wildman–Crippen MR) is 64.1 cm³/mol. The molecule has 1 aliphatic rings. The zero-order valence-corrected chi connectivity index (χ0v) is 9.12. The van der Waals surface area contributed by atoms with Gasteiger partial charge in [0, 0.05) is 17.0 Å². The van der Waals surface area contributed by atoms with E-state index in [1.54, 1.807) is 0 Å². The van der Waals surface area contributed by atoms with E-state index >= 15 is 0 Å². The molecule has 80 valence electrons. The topological polar surface area (TPSA) is 77.8 Å². The van der Waals surface area contributed by atoms with Gasteiger partial charge < -0.3 is 11.5 Å². The minimum absolute atomic E-state index is 0.208. The number of nitrogens with zero attached hydrogens (tertiary/aromatic N) is 2. The summed E-state index contributed by atoms with van der Waals surface area (Å²) >= 11 is 6.13. The Morgan fingerprint density at radius 1 is 1.19 bits per heavy atom. The molecule has 1 aliphatic carbocycles. The van der Waals surface area contributed by atoms with Crippen molar-refractivity contribution in [1.82, 2.24) is 9.97 Å². The van der Waals surface area contributed by atoms with Gasteiger partial charge in [-0.15, -0.1) is 0 Å². The third-order valence-corrected chi connectivity index (χ3v) is 3.12. The van der Waals surface area contributed by atoms with Gasteiger partial charge >= 0.3 is 0 Å². The molecule has 4 nitrogen and oxygen atoms in total. The summed E-state index contributed by atoms with van der Waals surface area (Å²) in [6.45, 7) is 0. The quantitative estimate of drug-likeness (QED) is 0.620. The summed E-state index contributed by atoms with van der Waals surface area (Å²) < 4.78 is 0. The summed E-state index contributed by atoms with van der Waals surface area (Å²) in [7, 11) is 0. The number of rotatable bonds is 0. The van der Waals surface area contributed by atoms with Crippen molar-refractivity contribution in [2.24, 2.45) is 0 Å². The van der Waals surface area contributed by atoms with Crippen LogP contribution in [-0.2, 0) is 6.42 Å². The first kappa shape index (κ1) is 9.42. The van der Waals surface area contributed by atoms with E-state index in [0.717, 1.165) is 27.4 Å². The molecule has 0 unspecified atom stereocenters.